The van der Waals surface area contributed by atoms with Crippen molar-refractivity contribution >= 4 is 5.91 Å². The van der Waals surface area contributed by atoms with Gasteiger partial charge in [-0.2, -0.15) is 0 Å². The van der Waals surface area contributed by atoms with Gasteiger partial charge in [0.05, 0.1) is 13.2 Å². The maximum atomic E-state index is 12.4. The van der Waals surface area contributed by atoms with Gasteiger partial charge in [-0.25, -0.2) is 0 Å². The molecular formula is C18H19NO2. The number of methoxy groups -OCH3 is 1. The molecule has 3 heteroatoms. The molecular weight excluding hydrogens is 262 g/mol. The first-order chi connectivity index (χ1) is 10.2. The highest BCUT2D eigenvalue weighted by atomic mass is 16.5. The highest BCUT2D eigenvalue weighted by molar-refractivity contribution is 5.95. The van der Waals surface area contributed by atoms with Crippen LogP contribution < -0.4 is 10.1 Å². The van der Waals surface area contributed by atoms with Crippen LogP contribution in [0.2, 0.25) is 0 Å². The Morgan fingerprint density at radius 1 is 1.24 bits per heavy atom. The number of ether oxygens (including phenoxy) is 1. The number of fused-ring (bicyclic) bond motifs is 1. The molecule has 3 nitrogen and oxygen atoms in total. The molecule has 2 aromatic rings. The van der Waals surface area contributed by atoms with Crippen molar-refractivity contribution < 1.29 is 9.53 Å². The quantitative estimate of drug-likeness (QED) is 0.936. The molecule has 0 spiro atoms. The van der Waals surface area contributed by atoms with Crippen LogP contribution in [0.4, 0.5) is 0 Å². The maximum absolute atomic E-state index is 12.4. The Hall–Kier alpha value is -2.29. The van der Waals surface area contributed by atoms with Crippen molar-refractivity contribution in [2.45, 2.75) is 25.8 Å². The van der Waals surface area contributed by atoms with Crippen LogP contribution in [0, 0.1) is 6.92 Å². The third kappa shape index (κ3) is 2.64. The number of nitrogens with one attached hydrogen (secondary N) is 1. The van der Waals surface area contributed by atoms with Gasteiger partial charge in [-0.3, -0.25) is 4.79 Å². The van der Waals surface area contributed by atoms with Crippen LogP contribution in [-0.2, 0) is 6.42 Å². The number of carbonyl (C=O) groups is 1. The van der Waals surface area contributed by atoms with Crippen LogP contribution in [0.25, 0.3) is 0 Å². The van der Waals surface area contributed by atoms with Crippen molar-refractivity contribution in [3.8, 4) is 5.75 Å². The van der Waals surface area contributed by atoms with Gasteiger partial charge in [0.15, 0.2) is 0 Å². The van der Waals surface area contributed by atoms with E-state index in [4.69, 9.17) is 4.74 Å². The van der Waals surface area contributed by atoms with Crippen molar-refractivity contribution in [1.82, 2.24) is 5.32 Å². The van der Waals surface area contributed by atoms with Gasteiger partial charge in [0, 0.05) is 5.56 Å². The molecule has 1 atom stereocenters. The van der Waals surface area contributed by atoms with Gasteiger partial charge in [-0.15, -0.1) is 0 Å². The smallest absolute Gasteiger partial charge is 0.251 e. The van der Waals surface area contributed by atoms with Crippen molar-refractivity contribution in [2.24, 2.45) is 0 Å². The van der Waals surface area contributed by atoms with Crippen molar-refractivity contribution in [1.29, 1.82) is 0 Å². The van der Waals surface area contributed by atoms with E-state index < -0.39 is 0 Å². The van der Waals surface area contributed by atoms with Crippen LogP contribution in [0.3, 0.4) is 0 Å². The second kappa shape index (κ2) is 5.60. The predicted octanol–water partition coefficient (Wildman–Crippen LogP) is 3.42. The molecule has 108 valence electrons. The summed E-state index contributed by atoms with van der Waals surface area (Å²) < 4.78 is 5.23. The van der Waals surface area contributed by atoms with Gasteiger partial charge in [0.2, 0.25) is 0 Å². The van der Waals surface area contributed by atoms with Gasteiger partial charge in [-0.1, -0.05) is 24.3 Å². The lowest BCUT2D eigenvalue weighted by Gasteiger charge is -2.15. The molecule has 1 amide bonds. The zero-order valence-electron chi connectivity index (χ0n) is 12.3. The highest BCUT2D eigenvalue weighted by Crippen LogP contribution is 2.31. The van der Waals surface area contributed by atoms with E-state index in [2.05, 4.69) is 23.5 Å². The third-order valence-corrected chi connectivity index (χ3v) is 4.10. The van der Waals surface area contributed by atoms with E-state index in [1.54, 1.807) is 7.11 Å². The normalized spacial score (nSPS) is 16.4. The third-order valence-electron chi connectivity index (χ3n) is 4.10. The maximum Gasteiger partial charge on any atom is 0.251 e. The fourth-order valence-corrected chi connectivity index (χ4v) is 2.97. The number of benzene rings is 2. The molecule has 0 heterocycles. The van der Waals surface area contributed by atoms with E-state index in [1.165, 1.54) is 11.1 Å². The Balaban J connectivity index is 1.77. The predicted molar refractivity (Wildman–Crippen MR) is 82.7 cm³/mol. The van der Waals surface area contributed by atoms with E-state index in [9.17, 15) is 4.79 Å². The summed E-state index contributed by atoms with van der Waals surface area (Å²) in [6.07, 6.45) is 2.00. The second-order valence-corrected chi connectivity index (χ2v) is 5.45. The molecule has 21 heavy (non-hydrogen) atoms. The summed E-state index contributed by atoms with van der Waals surface area (Å²) in [6.45, 7) is 1.94. The van der Waals surface area contributed by atoms with Gasteiger partial charge in [0.1, 0.15) is 5.75 Å². The molecule has 1 N–H and O–H groups in total. The van der Waals surface area contributed by atoms with Crippen molar-refractivity contribution in [3.05, 3.63) is 64.7 Å². The van der Waals surface area contributed by atoms with Crippen LogP contribution >= 0.6 is 0 Å². The summed E-state index contributed by atoms with van der Waals surface area (Å²) in [5, 5.41) is 3.14. The summed E-state index contributed by atoms with van der Waals surface area (Å²) in [5.74, 6) is 0.778. The minimum absolute atomic E-state index is 0.0255. The highest BCUT2D eigenvalue weighted by Gasteiger charge is 2.23. The number of hydrogen-bond donors (Lipinski definition) is 1. The first kappa shape index (κ1) is 13.7. The Morgan fingerprint density at radius 3 is 2.81 bits per heavy atom. The summed E-state index contributed by atoms with van der Waals surface area (Å²) in [7, 11) is 1.64. The lowest BCUT2D eigenvalue weighted by atomic mass is 10.1. The van der Waals surface area contributed by atoms with Crippen LogP contribution in [0.1, 0.15) is 39.5 Å². The number of amides is 1. The van der Waals surface area contributed by atoms with Gasteiger partial charge in [0.25, 0.3) is 5.91 Å². The average Bonchev–Trinajstić information content (AvgIpc) is 2.90. The molecule has 0 fully saturated rings. The Labute approximate surface area is 124 Å². The topological polar surface area (TPSA) is 38.3 Å². The van der Waals surface area contributed by atoms with Gasteiger partial charge in [-0.05, 0) is 54.7 Å². The standard InChI is InChI=1S/C18H19NO2/c1-12-11-14(8-10-17(12)21-2)18(20)19-16-9-7-13-5-3-4-6-15(13)16/h3-6,8,10-11,16H,7,9H2,1-2H3,(H,19,20)/t16-/m1/s1. The number of hydrogen-bond acceptors (Lipinski definition) is 2. The number of rotatable bonds is 3. The van der Waals surface area contributed by atoms with Gasteiger partial charge < -0.3 is 10.1 Å². The van der Waals surface area contributed by atoms with E-state index in [0.717, 1.165) is 24.2 Å². The molecule has 0 aromatic heterocycles. The largest absolute Gasteiger partial charge is 0.496 e. The van der Waals surface area contributed by atoms with Crippen LogP contribution in [-0.4, -0.2) is 13.0 Å². The number of aryl methyl sites for hydroxylation is 2. The summed E-state index contributed by atoms with van der Waals surface area (Å²) in [6, 6.07) is 14.0. The Morgan fingerprint density at radius 2 is 2.05 bits per heavy atom. The molecule has 0 unspecified atom stereocenters. The first-order valence-electron chi connectivity index (χ1n) is 7.22. The first-order valence-corrected chi connectivity index (χ1v) is 7.22. The zero-order valence-corrected chi connectivity index (χ0v) is 12.3. The van der Waals surface area contributed by atoms with Crippen LogP contribution in [0.5, 0.6) is 5.75 Å². The molecule has 1 aliphatic carbocycles. The SMILES string of the molecule is COc1ccc(C(=O)N[C@@H]2CCc3ccccc32)cc1C. The minimum Gasteiger partial charge on any atom is -0.496 e. The molecule has 2 aromatic carbocycles. The molecule has 0 radical (unpaired) electrons. The van der Waals surface area contributed by atoms with E-state index in [0.29, 0.717) is 5.56 Å². The molecule has 0 bridgehead atoms. The summed E-state index contributed by atoms with van der Waals surface area (Å²) in [4.78, 5) is 12.4. The molecule has 0 saturated heterocycles. The van der Waals surface area contributed by atoms with Crippen molar-refractivity contribution in [2.75, 3.05) is 7.11 Å². The van der Waals surface area contributed by atoms with E-state index >= 15 is 0 Å². The Kier molecular flexibility index (Phi) is 3.65. The Bertz CT molecular complexity index is 679. The van der Waals surface area contributed by atoms with E-state index in [-0.39, 0.29) is 11.9 Å². The molecule has 0 saturated carbocycles. The average molecular weight is 281 g/mol. The number of carbonyl (C=O) groups excluding carboxylic acids is 1. The lowest BCUT2D eigenvalue weighted by molar-refractivity contribution is 0.0936. The monoisotopic (exact) mass is 281 g/mol. The summed E-state index contributed by atoms with van der Waals surface area (Å²) >= 11 is 0. The molecule has 3 rings (SSSR count). The van der Waals surface area contributed by atoms with Crippen LogP contribution in [0.15, 0.2) is 42.5 Å². The zero-order chi connectivity index (χ0) is 14.8. The fraction of sp³-hybridized carbons (Fsp3) is 0.278. The summed E-state index contributed by atoms with van der Waals surface area (Å²) in [5.41, 5.74) is 4.24. The lowest BCUT2D eigenvalue weighted by Crippen LogP contribution is -2.27. The van der Waals surface area contributed by atoms with Crippen molar-refractivity contribution in [3.63, 3.8) is 0 Å². The minimum atomic E-state index is -0.0255. The molecule has 0 aliphatic heterocycles. The fourth-order valence-electron chi connectivity index (χ4n) is 2.97. The molecule has 1 aliphatic rings. The van der Waals surface area contributed by atoms with Gasteiger partial charge >= 0.3 is 0 Å². The second-order valence-electron chi connectivity index (χ2n) is 5.45. The van der Waals surface area contributed by atoms with E-state index in [1.807, 2.05) is 31.2 Å².